The van der Waals surface area contributed by atoms with Gasteiger partial charge in [0.2, 0.25) is 0 Å². The van der Waals surface area contributed by atoms with Crippen LogP contribution in [-0.2, 0) is 38.3 Å². The first kappa shape index (κ1) is 29.3. The molecule has 41 heavy (non-hydrogen) atoms. The molecule has 1 fully saturated rings. The Hall–Kier alpha value is -3.17. The van der Waals surface area contributed by atoms with Crippen LogP contribution in [0.25, 0.3) is 0 Å². The second-order valence-corrected chi connectivity index (χ2v) is 11.3. The quantitative estimate of drug-likeness (QED) is 0.237. The van der Waals surface area contributed by atoms with Crippen molar-refractivity contribution in [2.75, 3.05) is 22.9 Å². The molecule has 222 valence electrons. The molecule has 5 rings (SSSR count). The highest BCUT2D eigenvalue weighted by atomic mass is 19.4. The minimum absolute atomic E-state index is 0.121. The van der Waals surface area contributed by atoms with E-state index >= 15 is 0 Å². The average Bonchev–Trinajstić information content (AvgIpc) is 3.67. The van der Waals surface area contributed by atoms with Gasteiger partial charge in [-0.15, -0.1) is 0 Å². The fraction of sp³-hybridized carbons (Fsp3) is 0.516. The summed E-state index contributed by atoms with van der Waals surface area (Å²) in [6.07, 6.45) is -0.580. The molecule has 2 aliphatic carbocycles. The molecule has 2 aliphatic rings. The van der Waals surface area contributed by atoms with Gasteiger partial charge in [0, 0.05) is 31.9 Å². The van der Waals surface area contributed by atoms with Gasteiger partial charge in [-0.1, -0.05) is 18.9 Å². The molecule has 0 spiro atoms. The Labute approximate surface area is 236 Å². The molecule has 0 amide bonds. The summed E-state index contributed by atoms with van der Waals surface area (Å²) in [4.78, 5) is 8.40. The van der Waals surface area contributed by atoms with E-state index in [9.17, 15) is 26.3 Å². The van der Waals surface area contributed by atoms with E-state index in [2.05, 4.69) is 28.9 Å². The summed E-state index contributed by atoms with van der Waals surface area (Å²) in [6, 6.07) is 6.26. The lowest BCUT2D eigenvalue weighted by Crippen LogP contribution is -2.31. The fourth-order valence-corrected chi connectivity index (χ4v) is 6.20. The topological polar surface area (TPSA) is 32.5 Å². The largest absolute Gasteiger partial charge is 0.432 e. The third-order valence-corrected chi connectivity index (χ3v) is 8.23. The number of hydrogen-bond donors (Lipinski definition) is 0. The lowest BCUT2D eigenvalue weighted by atomic mass is 10.0. The van der Waals surface area contributed by atoms with Gasteiger partial charge in [0.05, 0.1) is 16.8 Å². The van der Waals surface area contributed by atoms with Gasteiger partial charge in [-0.05, 0) is 98.4 Å². The third kappa shape index (κ3) is 6.84. The predicted molar refractivity (Wildman–Crippen MR) is 146 cm³/mol. The highest BCUT2D eigenvalue weighted by Gasteiger charge is 2.37. The van der Waals surface area contributed by atoms with Crippen molar-refractivity contribution in [1.29, 1.82) is 0 Å². The first-order valence-corrected chi connectivity index (χ1v) is 14.3. The van der Waals surface area contributed by atoms with E-state index in [1.807, 2.05) is 0 Å². The van der Waals surface area contributed by atoms with Crippen LogP contribution in [-0.4, -0.2) is 18.1 Å². The Kier molecular flexibility index (Phi) is 8.30. The SMILES string of the molecule is CCN(CC1CCCC1)c1cc2c(cc1CN(Cc1cc(C(F)(F)F)cc(C(F)(F)F)c1)c1nc(C)co1)CCC2. The number of oxazole rings is 1. The van der Waals surface area contributed by atoms with Gasteiger partial charge in [-0.2, -0.15) is 31.3 Å². The van der Waals surface area contributed by atoms with Crippen LogP contribution in [0.3, 0.4) is 0 Å². The highest BCUT2D eigenvalue weighted by Crippen LogP contribution is 2.38. The highest BCUT2D eigenvalue weighted by molar-refractivity contribution is 5.60. The molecule has 2 aromatic carbocycles. The monoisotopic (exact) mass is 579 g/mol. The molecule has 0 unspecified atom stereocenters. The summed E-state index contributed by atoms with van der Waals surface area (Å²) in [7, 11) is 0. The van der Waals surface area contributed by atoms with E-state index in [0.29, 0.717) is 11.6 Å². The van der Waals surface area contributed by atoms with Crippen LogP contribution in [0.1, 0.15) is 78.1 Å². The van der Waals surface area contributed by atoms with Crippen molar-refractivity contribution in [2.24, 2.45) is 5.92 Å². The zero-order valence-corrected chi connectivity index (χ0v) is 23.3. The van der Waals surface area contributed by atoms with Crippen molar-refractivity contribution >= 4 is 11.7 Å². The summed E-state index contributed by atoms with van der Waals surface area (Å²) in [6.45, 7) is 5.53. The van der Waals surface area contributed by atoms with Gasteiger partial charge in [0.25, 0.3) is 6.01 Å². The molecule has 0 aliphatic heterocycles. The molecule has 0 bridgehead atoms. The number of rotatable bonds is 9. The maximum atomic E-state index is 13.6. The van der Waals surface area contributed by atoms with E-state index in [4.69, 9.17) is 4.42 Å². The number of hydrogen-bond acceptors (Lipinski definition) is 4. The van der Waals surface area contributed by atoms with Gasteiger partial charge in [-0.25, -0.2) is 0 Å². The number of nitrogens with zero attached hydrogens (tertiary/aromatic N) is 3. The molecule has 1 aromatic heterocycles. The summed E-state index contributed by atoms with van der Waals surface area (Å²) in [5.41, 5.74) is 2.34. The van der Waals surface area contributed by atoms with Gasteiger partial charge in [-0.3, -0.25) is 0 Å². The molecule has 4 nitrogen and oxygen atoms in total. The number of aryl methyl sites for hydroxylation is 3. The van der Waals surface area contributed by atoms with Crippen molar-refractivity contribution in [1.82, 2.24) is 4.98 Å². The van der Waals surface area contributed by atoms with Crippen LogP contribution < -0.4 is 9.80 Å². The van der Waals surface area contributed by atoms with E-state index in [1.54, 1.807) is 11.8 Å². The van der Waals surface area contributed by atoms with Crippen LogP contribution in [0.2, 0.25) is 0 Å². The van der Waals surface area contributed by atoms with Crippen LogP contribution in [0.4, 0.5) is 38.0 Å². The van der Waals surface area contributed by atoms with E-state index in [1.165, 1.54) is 43.1 Å². The number of alkyl halides is 6. The lowest BCUT2D eigenvalue weighted by molar-refractivity contribution is -0.143. The lowest BCUT2D eigenvalue weighted by Gasteiger charge is -2.31. The number of benzene rings is 2. The second-order valence-electron chi connectivity index (χ2n) is 11.3. The fourth-order valence-electron chi connectivity index (χ4n) is 6.20. The number of halogens is 6. The van der Waals surface area contributed by atoms with Crippen molar-refractivity contribution in [3.63, 3.8) is 0 Å². The Bertz CT molecular complexity index is 1320. The summed E-state index contributed by atoms with van der Waals surface area (Å²) in [5.74, 6) is 0.604. The first-order valence-electron chi connectivity index (χ1n) is 14.3. The number of anilines is 2. The van der Waals surface area contributed by atoms with Gasteiger partial charge < -0.3 is 14.2 Å². The molecular weight excluding hydrogens is 544 g/mol. The van der Waals surface area contributed by atoms with Crippen LogP contribution in [0.5, 0.6) is 0 Å². The average molecular weight is 580 g/mol. The Morgan fingerprint density at radius 3 is 2.02 bits per heavy atom. The molecule has 0 radical (unpaired) electrons. The van der Waals surface area contributed by atoms with E-state index in [0.717, 1.165) is 55.7 Å². The zero-order chi connectivity index (χ0) is 29.4. The maximum Gasteiger partial charge on any atom is 0.416 e. The van der Waals surface area contributed by atoms with Crippen molar-refractivity contribution < 1.29 is 30.8 Å². The zero-order valence-electron chi connectivity index (χ0n) is 23.3. The normalized spacial score (nSPS) is 15.9. The van der Waals surface area contributed by atoms with Gasteiger partial charge in [0.1, 0.15) is 6.26 Å². The van der Waals surface area contributed by atoms with E-state index in [-0.39, 0.29) is 30.7 Å². The number of fused-ring (bicyclic) bond motifs is 1. The van der Waals surface area contributed by atoms with Crippen LogP contribution in [0, 0.1) is 12.8 Å². The van der Waals surface area contributed by atoms with Crippen LogP contribution >= 0.6 is 0 Å². The summed E-state index contributed by atoms with van der Waals surface area (Å²) in [5, 5.41) is 0. The molecule has 10 heteroatoms. The Balaban J connectivity index is 1.54. The Morgan fingerprint density at radius 2 is 1.46 bits per heavy atom. The summed E-state index contributed by atoms with van der Waals surface area (Å²) >= 11 is 0. The smallest absolute Gasteiger partial charge is 0.416 e. The van der Waals surface area contributed by atoms with Gasteiger partial charge in [0.15, 0.2) is 0 Å². The van der Waals surface area contributed by atoms with Crippen molar-refractivity contribution in [2.45, 2.75) is 84.2 Å². The molecule has 0 N–H and O–H groups in total. The molecule has 0 saturated heterocycles. The van der Waals surface area contributed by atoms with Crippen molar-refractivity contribution in [3.05, 3.63) is 75.7 Å². The molecule has 0 atom stereocenters. The molecule has 1 saturated carbocycles. The molecule has 1 heterocycles. The second kappa shape index (κ2) is 11.6. The standard InChI is InChI=1S/C31H35F6N3O/c1-3-39(16-21-7-4-5-8-21)28-14-24-10-6-9-23(24)13-25(28)18-40(29-38-20(2)19-41-29)17-22-11-26(30(32,33)34)15-27(12-22)31(35,36)37/h11-15,19,21H,3-10,16-18H2,1-2H3. The Morgan fingerprint density at radius 1 is 0.829 bits per heavy atom. The third-order valence-electron chi connectivity index (χ3n) is 8.23. The van der Waals surface area contributed by atoms with E-state index < -0.39 is 23.5 Å². The minimum atomic E-state index is -4.92. The summed E-state index contributed by atoms with van der Waals surface area (Å²) < 4.78 is 87.3. The first-order chi connectivity index (χ1) is 19.4. The minimum Gasteiger partial charge on any atom is -0.432 e. The maximum absolute atomic E-state index is 13.6. The van der Waals surface area contributed by atoms with Crippen molar-refractivity contribution in [3.8, 4) is 0 Å². The molecular formula is C31H35F6N3O. The van der Waals surface area contributed by atoms with Gasteiger partial charge >= 0.3 is 12.4 Å². The number of aromatic nitrogens is 1. The predicted octanol–water partition coefficient (Wildman–Crippen LogP) is 8.73. The van der Waals surface area contributed by atoms with Crippen LogP contribution in [0.15, 0.2) is 41.0 Å². The molecule has 3 aromatic rings.